The van der Waals surface area contributed by atoms with Gasteiger partial charge in [-0.15, -0.1) is 0 Å². The third-order valence-corrected chi connectivity index (χ3v) is 3.45. The van der Waals surface area contributed by atoms with Gasteiger partial charge in [0.15, 0.2) is 0 Å². The van der Waals surface area contributed by atoms with Crippen molar-refractivity contribution in [2.24, 2.45) is 7.05 Å². The number of anilines is 1. The molecule has 4 nitrogen and oxygen atoms in total. The van der Waals surface area contributed by atoms with Gasteiger partial charge >= 0.3 is 0 Å². The van der Waals surface area contributed by atoms with Crippen molar-refractivity contribution in [3.8, 4) is 5.69 Å². The van der Waals surface area contributed by atoms with Crippen LogP contribution in [-0.4, -0.2) is 9.36 Å². The van der Waals surface area contributed by atoms with Crippen LogP contribution in [0.15, 0.2) is 16.9 Å². The molecule has 1 aromatic heterocycles. The zero-order valence-corrected chi connectivity index (χ0v) is 11.5. The molecule has 2 N–H and O–H groups in total. The van der Waals surface area contributed by atoms with Gasteiger partial charge in [0.25, 0.3) is 5.56 Å². The topological polar surface area (TPSA) is 52.9 Å². The molecular formula is C14H19N3O. The lowest BCUT2D eigenvalue weighted by molar-refractivity contribution is 0.625. The fourth-order valence-corrected chi connectivity index (χ4v) is 2.49. The maximum Gasteiger partial charge on any atom is 0.294 e. The average Bonchev–Trinajstić information content (AvgIpc) is 2.45. The Labute approximate surface area is 107 Å². The molecule has 0 saturated heterocycles. The summed E-state index contributed by atoms with van der Waals surface area (Å²) in [6.45, 7) is 7.93. The third kappa shape index (κ3) is 1.65. The molecule has 0 aliphatic rings. The molecule has 1 aromatic carbocycles. The van der Waals surface area contributed by atoms with Crippen LogP contribution in [0.2, 0.25) is 0 Å². The number of aromatic nitrogens is 2. The first kappa shape index (κ1) is 12.5. The molecule has 0 bridgehead atoms. The Morgan fingerprint density at radius 3 is 1.94 bits per heavy atom. The Balaban J connectivity index is 2.87. The van der Waals surface area contributed by atoms with Crippen LogP contribution in [0.3, 0.4) is 0 Å². The quantitative estimate of drug-likeness (QED) is 0.835. The van der Waals surface area contributed by atoms with Crippen molar-refractivity contribution >= 4 is 5.69 Å². The van der Waals surface area contributed by atoms with Gasteiger partial charge in [-0.3, -0.25) is 9.48 Å². The number of rotatable bonds is 1. The number of hydrogen-bond donors (Lipinski definition) is 1. The lowest BCUT2D eigenvalue weighted by Crippen LogP contribution is -2.22. The lowest BCUT2D eigenvalue weighted by Gasteiger charge is -2.14. The summed E-state index contributed by atoms with van der Waals surface area (Å²) in [6, 6.07) is 4.15. The van der Waals surface area contributed by atoms with E-state index in [9.17, 15) is 4.79 Å². The first-order valence-corrected chi connectivity index (χ1v) is 5.97. The van der Waals surface area contributed by atoms with E-state index in [4.69, 9.17) is 5.73 Å². The molecule has 2 rings (SSSR count). The molecule has 0 saturated carbocycles. The Bertz CT molecular complexity index is 654. The molecule has 0 atom stereocenters. The fourth-order valence-electron chi connectivity index (χ4n) is 2.49. The molecule has 0 spiro atoms. The van der Waals surface area contributed by atoms with Crippen LogP contribution >= 0.6 is 0 Å². The summed E-state index contributed by atoms with van der Waals surface area (Å²) in [5.41, 5.74) is 11.1. The Kier molecular flexibility index (Phi) is 2.81. The highest BCUT2D eigenvalue weighted by atomic mass is 16.1. The second kappa shape index (κ2) is 4.05. The number of nitrogen functional groups attached to an aromatic ring is 1. The van der Waals surface area contributed by atoms with Crippen LogP contribution in [-0.2, 0) is 7.05 Å². The summed E-state index contributed by atoms with van der Waals surface area (Å²) in [5, 5.41) is 0. The Hall–Kier alpha value is -1.97. The molecule has 1 heterocycles. The van der Waals surface area contributed by atoms with Gasteiger partial charge in [0.2, 0.25) is 0 Å². The summed E-state index contributed by atoms with van der Waals surface area (Å²) >= 11 is 0. The molecular weight excluding hydrogens is 226 g/mol. The van der Waals surface area contributed by atoms with Gasteiger partial charge in [-0.2, -0.15) is 0 Å². The summed E-state index contributed by atoms with van der Waals surface area (Å²) in [4.78, 5) is 12.2. The van der Waals surface area contributed by atoms with Crippen LogP contribution in [0.25, 0.3) is 5.69 Å². The van der Waals surface area contributed by atoms with Crippen LogP contribution in [0.1, 0.15) is 22.4 Å². The number of nitrogens with zero attached hydrogens (tertiary/aromatic N) is 2. The van der Waals surface area contributed by atoms with Crippen LogP contribution in [0.4, 0.5) is 5.69 Å². The summed E-state index contributed by atoms with van der Waals surface area (Å²) < 4.78 is 3.46. The fraction of sp³-hybridized carbons (Fsp3) is 0.357. The van der Waals surface area contributed by atoms with E-state index in [1.165, 1.54) is 5.56 Å². The Morgan fingerprint density at radius 1 is 1.06 bits per heavy atom. The van der Waals surface area contributed by atoms with Crippen LogP contribution in [0.5, 0.6) is 0 Å². The minimum absolute atomic E-state index is 0.148. The largest absolute Gasteiger partial charge is 0.393 e. The molecule has 96 valence electrons. The molecule has 0 aliphatic carbocycles. The minimum atomic E-state index is -0.148. The number of nitrogens with two attached hydrogens (primary N) is 1. The number of benzene rings is 1. The van der Waals surface area contributed by atoms with E-state index in [2.05, 4.69) is 19.1 Å². The van der Waals surface area contributed by atoms with Crippen molar-refractivity contribution < 1.29 is 0 Å². The van der Waals surface area contributed by atoms with Crippen molar-refractivity contribution in [2.75, 3.05) is 5.73 Å². The molecule has 18 heavy (non-hydrogen) atoms. The van der Waals surface area contributed by atoms with Gasteiger partial charge in [-0.25, -0.2) is 4.68 Å². The zero-order chi connectivity index (χ0) is 13.6. The maximum absolute atomic E-state index is 12.2. The highest BCUT2D eigenvalue weighted by molar-refractivity contribution is 5.52. The Morgan fingerprint density at radius 2 is 1.56 bits per heavy atom. The SMILES string of the molecule is Cc1cc(C)c(-n2c(=O)c(N)c(C)n2C)c(C)c1. The van der Waals surface area contributed by atoms with Crippen molar-refractivity contribution in [1.29, 1.82) is 0 Å². The molecule has 0 unspecified atom stereocenters. The average molecular weight is 245 g/mol. The van der Waals surface area contributed by atoms with E-state index in [1.54, 1.807) is 4.68 Å². The number of aryl methyl sites for hydroxylation is 3. The van der Waals surface area contributed by atoms with E-state index in [1.807, 2.05) is 32.5 Å². The van der Waals surface area contributed by atoms with Crippen LogP contribution < -0.4 is 11.3 Å². The lowest BCUT2D eigenvalue weighted by atomic mass is 10.1. The van der Waals surface area contributed by atoms with Gasteiger partial charge in [-0.1, -0.05) is 17.7 Å². The highest BCUT2D eigenvalue weighted by Gasteiger charge is 2.16. The van der Waals surface area contributed by atoms with Gasteiger partial charge in [0.05, 0.1) is 11.4 Å². The third-order valence-electron chi connectivity index (χ3n) is 3.45. The second-order valence-electron chi connectivity index (χ2n) is 4.89. The summed E-state index contributed by atoms with van der Waals surface area (Å²) in [5.74, 6) is 0. The molecule has 0 radical (unpaired) electrons. The normalized spacial score (nSPS) is 10.9. The monoisotopic (exact) mass is 245 g/mol. The molecule has 0 aliphatic heterocycles. The van der Waals surface area contributed by atoms with E-state index in [-0.39, 0.29) is 5.56 Å². The van der Waals surface area contributed by atoms with Gasteiger partial charge in [0, 0.05) is 7.05 Å². The van der Waals surface area contributed by atoms with Crippen molar-refractivity contribution in [2.45, 2.75) is 27.7 Å². The second-order valence-corrected chi connectivity index (χ2v) is 4.89. The standard InChI is InChI=1S/C14H19N3O/c1-8-6-9(2)13(10(3)7-8)17-14(18)12(15)11(4)16(17)5/h6-7H,15H2,1-5H3. The predicted octanol–water partition coefficient (Wildman–Crippen LogP) is 1.99. The smallest absolute Gasteiger partial charge is 0.294 e. The van der Waals surface area contributed by atoms with E-state index < -0.39 is 0 Å². The van der Waals surface area contributed by atoms with Gasteiger partial charge in [0.1, 0.15) is 5.69 Å². The van der Waals surface area contributed by atoms with Gasteiger partial charge < -0.3 is 5.73 Å². The summed E-state index contributed by atoms with van der Waals surface area (Å²) in [7, 11) is 1.85. The summed E-state index contributed by atoms with van der Waals surface area (Å²) in [6.07, 6.45) is 0. The van der Waals surface area contributed by atoms with Gasteiger partial charge in [-0.05, 0) is 38.8 Å². The highest BCUT2D eigenvalue weighted by Crippen LogP contribution is 2.21. The van der Waals surface area contributed by atoms with Crippen molar-refractivity contribution in [1.82, 2.24) is 9.36 Å². The zero-order valence-electron chi connectivity index (χ0n) is 11.5. The first-order chi connectivity index (χ1) is 8.34. The number of hydrogen-bond acceptors (Lipinski definition) is 2. The van der Waals surface area contributed by atoms with Crippen LogP contribution in [0, 0.1) is 27.7 Å². The van der Waals surface area contributed by atoms with Crippen molar-refractivity contribution in [3.05, 3.63) is 44.9 Å². The van der Waals surface area contributed by atoms with E-state index in [0.29, 0.717) is 5.69 Å². The molecule has 0 fully saturated rings. The van der Waals surface area contributed by atoms with Crippen molar-refractivity contribution in [3.63, 3.8) is 0 Å². The van der Waals surface area contributed by atoms with E-state index in [0.717, 1.165) is 22.5 Å². The molecule has 2 aromatic rings. The molecule has 0 amide bonds. The minimum Gasteiger partial charge on any atom is -0.393 e. The van der Waals surface area contributed by atoms with E-state index >= 15 is 0 Å². The molecule has 4 heteroatoms. The predicted molar refractivity (Wildman–Crippen MR) is 74.4 cm³/mol. The maximum atomic E-state index is 12.2. The first-order valence-electron chi connectivity index (χ1n) is 5.97.